The van der Waals surface area contributed by atoms with Gasteiger partial charge in [-0.05, 0) is 23.8 Å². The first-order valence-corrected chi connectivity index (χ1v) is 18.9. The number of fused-ring (bicyclic) bond motifs is 2. The van der Waals surface area contributed by atoms with E-state index in [9.17, 15) is 29.8 Å². The second-order valence-electron chi connectivity index (χ2n) is 10.1. The molecule has 234 valence electrons. The van der Waals surface area contributed by atoms with Crippen molar-refractivity contribution in [2.75, 3.05) is 65.9 Å². The van der Waals surface area contributed by atoms with Crippen molar-refractivity contribution in [1.82, 2.24) is 0 Å². The van der Waals surface area contributed by atoms with Gasteiger partial charge in [0.15, 0.2) is 19.7 Å². The van der Waals surface area contributed by atoms with Crippen molar-refractivity contribution in [3.63, 3.8) is 0 Å². The number of anilines is 2. The van der Waals surface area contributed by atoms with E-state index in [2.05, 4.69) is 5.32 Å². The molecule has 1 heterocycles. The maximum Gasteiger partial charge on any atom is 0.294 e. The Bertz CT molecular complexity index is 1800. The fraction of sp³-hybridized carbons (Fsp3) is 0.357. The summed E-state index contributed by atoms with van der Waals surface area (Å²) in [5.41, 5.74) is 2.80. The number of aliphatic hydroxyl groups excluding tert-OH is 1. The monoisotopic (exact) mass is 672 g/mol. The molecule has 15 heteroatoms. The number of rotatable bonds is 14. The van der Waals surface area contributed by atoms with Crippen LogP contribution in [0.1, 0.15) is 22.6 Å². The van der Waals surface area contributed by atoms with Gasteiger partial charge in [-0.1, -0.05) is 30.3 Å². The van der Waals surface area contributed by atoms with E-state index in [0.29, 0.717) is 39.6 Å². The fourth-order valence-electron chi connectivity index (χ4n) is 4.85. The first kappa shape index (κ1) is 33.0. The van der Waals surface area contributed by atoms with Crippen molar-refractivity contribution in [2.45, 2.75) is 10.8 Å². The van der Waals surface area contributed by atoms with Crippen LogP contribution in [0.25, 0.3) is 0 Å². The van der Waals surface area contributed by atoms with E-state index in [1.807, 2.05) is 0 Å². The Kier molecular flexibility index (Phi) is 10.3. The van der Waals surface area contributed by atoms with Crippen molar-refractivity contribution < 1.29 is 39.6 Å². The second kappa shape index (κ2) is 13.4. The van der Waals surface area contributed by atoms with Gasteiger partial charge in [0.2, 0.25) is 0 Å². The molecule has 0 saturated carbocycles. The summed E-state index contributed by atoms with van der Waals surface area (Å²) in [4.78, 5) is 1.48. The van der Waals surface area contributed by atoms with Crippen LogP contribution in [0, 0.1) is 0 Å². The van der Waals surface area contributed by atoms with E-state index in [1.165, 1.54) is 12.1 Å². The number of hydrogen-bond donors (Lipinski definition) is 3. The zero-order valence-corrected chi connectivity index (χ0v) is 26.5. The van der Waals surface area contributed by atoms with Gasteiger partial charge in [0.1, 0.15) is 11.5 Å². The molecular weight excluding hydrogens is 640 g/mol. The third-order valence-corrected chi connectivity index (χ3v) is 11.7. The molecule has 0 fully saturated rings. The molecule has 0 aromatic heterocycles. The molecule has 3 aromatic carbocycles. The van der Waals surface area contributed by atoms with Crippen molar-refractivity contribution in [2.24, 2.45) is 0 Å². The Morgan fingerprint density at radius 3 is 2.16 bits per heavy atom. The number of halogens is 1. The lowest BCUT2D eigenvalue weighted by atomic mass is 9.82. The molecule has 1 unspecified atom stereocenters. The van der Waals surface area contributed by atoms with E-state index in [1.54, 1.807) is 60.5 Å². The smallest absolute Gasteiger partial charge is 0.294 e. The van der Waals surface area contributed by atoms with Gasteiger partial charge in [0.05, 0.1) is 34.5 Å². The van der Waals surface area contributed by atoms with Crippen LogP contribution in [0.2, 0.25) is 0 Å². The molecule has 11 nitrogen and oxygen atoms in total. The van der Waals surface area contributed by atoms with E-state index < -0.39 is 42.3 Å². The minimum absolute atomic E-state index is 0.0104. The predicted molar refractivity (Wildman–Crippen MR) is 167 cm³/mol. The quantitative estimate of drug-likeness (QED) is 0.133. The zero-order chi connectivity index (χ0) is 31.4. The molecule has 0 amide bonds. The molecular formula is C28H33ClN2O9S3. The summed E-state index contributed by atoms with van der Waals surface area (Å²) in [5.74, 6) is -0.586. The van der Waals surface area contributed by atoms with E-state index in [4.69, 9.17) is 21.4 Å². The number of ether oxygens (including phenoxy) is 1. The molecule has 0 spiro atoms. The van der Waals surface area contributed by atoms with Gasteiger partial charge in [-0.25, -0.2) is 16.8 Å². The van der Waals surface area contributed by atoms with Gasteiger partial charge in [-0.15, -0.1) is 11.6 Å². The lowest BCUT2D eigenvalue weighted by Crippen LogP contribution is -2.27. The van der Waals surface area contributed by atoms with Crippen molar-refractivity contribution in [1.29, 1.82) is 0 Å². The fourth-order valence-corrected chi connectivity index (χ4v) is 8.18. The van der Waals surface area contributed by atoms with Crippen LogP contribution in [0.3, 0.4) is 0 Å². The topological polar surface area (TPSA) is 167 Å². The summed E-state index contributed by atoms with van der Waals surface area (Å²) in [6.07, 6.45) is 0. The number of hydrogen-bond acceptors (Lipinski definition) is 10. The molecule has 3 aromatic rings. The summed E-state index contributed by atoms with van der Waals surface area (Å²) in [6, 6.07) is 16.6. The highest BCUT2D eigenvalue weighted by molar-refractivity contribution is 7.91. The lowest BCUT2D eigenvalue weighted by Gasteiger charge is -2.31. The standard InChI is InChI=1S/C28H33ClN2O9S3/c1-31(12-16-42(35,36)17-13-32)21-7-9-23-26(19-21)40-25-18-20(30-11-15-41(33,34)14-10-29)6-8-22(25)28(23)24-4-2-3-5-27(24)43(37,38)39/h2-9,18-19,28,30,32H,10-17H2,1H3,(H,37,38,39). The van der Waals surface area contributed by atoms with Crippen LogP contribution >= 0.6 is 11.6 Å². The average Bonchev–Trinajstić information content (AvgIpc) is 2.93. The summed E-state index contributed by atoms with van der Waals surface area (Å²) >= 11 is 5.58. The number of nitrogens with zero attached hydrogens (tertiary/aromatic N) is 1. The molecule has 43 heavy (non-hydrogen) atoms. The Hall–Kier alpha value is -2.88. The maximum absolute atomic E-state index is 12.3. The van der Waals surface area contributed by atoms with Gasteiger partial charge in [0.25, 0.3) is 10.1 Å². The highest BCUT2D eigenvalue weighted by Gasteiger charge is 2.33. The van der Waals surface area contributed by atoms with Crippen molar-refractivity contribution >= 4 is 52.8 Å². The molecule has 4 rings (SSSR count). The summed E-state index contributed by atoms with van der Waals surface area (Å²) < 4.78 is 89.4. The summed E-state index contributed by atoms with van der Waals surface area (Å²) in [7, 11) is -9.61. The van der Waals surface area contributed by atoms with Crippen LogP contribution in [0.15, 0.2) is 65.6 Å². The third-order valence-electron chi connectivity index (χ3n) is 7.07. The van der Waals surface area contributed by atoms with E-state index >= 15 is 0 Å². The zero-order valence-electron chi connectivity index (χ0n) is 23.3. The molecule has 0 aliphatic carbocycles. The largest absolute Gasteiger partial charge is 0.457 e. The minimum atomic E-state index is -4.58. The second-order valence-corrected chi connectivity index (χ2v) is 16.5. The molecule has 0 bridgehead atoms. The van der Waals surface area contributed by atoms with Crippen LogP contribution in [-0.2, 0) is 29.8 Å². The van der Waals surface area contributed by atoms with Crippen LogP contribution in [0.5, 0.6) is 11.5 Å². The third kappa shape index (κ3) is 8.19. The first-order valence-electron chi connectivity index (χ1n) is 13.3. The Morgan fingerprint density at radius 2 is 1.49 bits per heavy atom. The van der Waals surface area contributed by atoms with E-state index in [-0.39, 0.29) is 46.9 Å². The molecule has 3 N–H and O–H groups in total. The van der Waals surface area contributed by atoms with Crippen LogP contribution in [-0.4, -0.2) is 90.5 Å². The Morgan fingerprint density at radius 1 is 0.837 bits per heavy atom. The highest BCUT2D eigenvalue weighted by atomic mass is 35.5. The maximum atomic E-state index is 12.3. The minimum Gasteiger partial charge on any atom is -0.457 e. The van der Waals surface area contributed by atoms with Gasteiger partial charge < -0.3 is 20.1 Å². The number of nitrogens with one attached hydrogen (secondary N) is 1. The molecule has 1 aliphatic heterocycles. The van der Waals surface area contributed by atoms with Gasteiger partial charge in [-0.2, -0.15) is 8.42 Å². The lowest BCUT2D eigenvalue weighted by molar-refractivity contribution is 0.319. The number of aliphatic hydroxyl groups is 1. The number of benzene rings is 3. The molecule has 1 atom stereocenters. The highest BCUT2D eigenvalue weighted by Crippen LogP contribution is 2.50. The predicted octanol–water partition coefficient (Wildman–Crippen LogP) is 3.13. The number of alkyl halides is 1. The average molecular weight is 673 g/mol. The summed E-state index contributed by atoms with van der Waals surface area (Å²) in [5, 5.41) is 12.1. The number of sulfone groups is 2. The van der Waals surface area contributed by atoms with Gasteiger partial charge in [0, 0.05) is 66.6 Å². The van der Waals surface area contributed by atoms with Crippen molar-refractivity contribution in [3.8, 4) is 11.5 Å². The Labute approximate surface area is 257 Å². The molecule has 0 radical (unpaired) electrons. The SMILES string of the molecule is CN(CCS(=O)(=O)CCO)c1ccc2c(c1)Oc1cc(NCCS(=O)(=O)CCCl)ccc1C2c1ccccc1S(=O)(=O)O. The molecule has 0 saturated heterocycles. The van der Waals surface area contributed by atoms with E-state index in [0.717, 1.165) is 0 Å². The van der Waals surface area contributed by atoms with Crippen LogP contribution in [0.4, 0.5) is 11.4 Å². The summed E-state index contributed by atoms with van der Waals surface area (Å²) in [6.45, 7) is -0.157. The normalized spacial score (nSPS) is 14.8. The molecule has 1 aliphatic rings. The van der Waals surface area contributed by atoms with Crippen LogP contribution < -0.4 is 15.0 Å². The van der Waals surface area contributed by atoms with Crippen molar-refractivity contribution in [3.05, 3.63) is 77.4 Å². The van der Waals surface area contributed by atoms with Gasteiger partial charge >= 0.3 is 0 Å². The van der Waals surface area contributed by atoms with Gasteiger partial charge in [-0.3, -0.25) is 4.55 Å². The first-order chi connectivity index (χ1) is 20.2. The Balaban J connectivity index is 1.73.